The van der Waals surface area contributed by atoms with Crippen molar-refractivity contribution < 1.29 is 22.8 Å². The first-order valence-electron chi connectivity index (χ1n) is 9.44. The van der Waals surface area contributed by atoms with E-state index in [0.29, 0.717) is 5.56 Å². The zero-order valence-electron chi connectivity index (χ0n) is 16.3. The van der Waals surface area contributed by atoms with E-state index in [0.717, 1.165) is 28.5 Å². The maximum Gasteiger partial charge on any atom is 0.416 e. The molecule has 156 valence electrons. The summed E-state index contributed by atoms with van der Waals surface area (Å²) in [5, 5.41) is 7.18. The Hall–Kier alpha value is -3.35. The van der Waals surface area contributed by atoms with E-state index in [4.69, 9.17) is 0 Å². The summed E-state index contributed by atoms with van der Waals surface area (Å²) < 4.78 is 38.3. The van der Waals surface area contributed by atoms with Gasteiger partial charge in [0.05, 0.1) is 12.0 Å². The number of benzene rings is 3. The van der Waals surface area contributed by atoms with Crippen LogP contribution in [0, 0.1) is 0 Å². The van der Waals surface area contributed by atoms with Crippen LogP contribution in [0.2, 0.25) is 0 Å². The number of hydrogen-bond acceptors (Lipinski definition) is 2. The summed E-state index contributed by atoms with van der Waals surface area (Å²) in [6.45, 7) is 1.47. The van der Waals surface area contributed by atoms with Crippen molar-refractivity contribution in [3.8, 4) is 0 Å². The molecule has 0 spiro atoms. The van der Waals surface area contributed by atoms with Gasteiger partial charge in [-0.3, -0.25) is 9.59 Å². The third kappa shape index (κ3) is 5.37. The predicted octanol–water partition coefficient (Wildman–Crippen LogP) is 4.22. The first-order valence-corrected chi connectivity index (χ1v) is 9.44. The van der Waals surface area contributed by atoms with Crippen LogP contribution in [0.4, 0.5) is 13.2 Å². The van der Waals surface area contributed by atoms with E-state index in [9.17, 15) is 22.8 Å². The van der Waals surface area contributed by atoms with E-state index in [-0.39, 0.29) is 18.9 Å². The molecule has 4 nitrogen and oxygen atoms in total. The Morgan fingerprint density at radius 2 is 1.67 bits per heavy atom. The van der Waals surface area contributed by atoms with Crippen LogP contribution in [0.1, 0.15) is 23.6 Å². The number of rotatable bonds is 6. The summed E-state index contributed by atoms with van der Waals surface area (Å²) in [5.41, 5.74) is 0.403. The Bertz CT molecular complexity index is 1060. The summed E-state index contributed by atoms with van der Waals surface area (Å²) in [4.78, 5) is 24.6. The van der Waals surface area contributed by atoms with E-state index >= 15 is 0 Å². The molecule has 0 saturated carbocycles. The third-order valence-corrected chi connectivity index (χ3v) is 4.72. The minimum atomic E-state index is -4.44. The Balaban J connectivity index is 1.56. The monoisotopic (exact) mass is 414 g/mol. The summed E-state index contributed by atoms with van der Waals surface area (Å²) in [7, 11) is 0. The van der Waals surface area contributed by atoms with Crippen LogP contribution in [0.3, 0.4) is 0 Å². The van der Waals surface area contributed by atoms with Crippen molar-refractivity contribution in [2.75, 3.05) is 0 Å². The maximum absolute atomic E-state index is 12.8. The van der Waals surface area contributed by atoms with Gasteiger partial charge in [-0.1, -0.05) is 54.6 Å². The van der Waals surface area contributed by atoms with Gasteiger partial charge < -0.3 is 10.6 Å². The molecule has 0 aliphatic rings. The standard InChI is InChI=1S/C23H21F3N2O2/c1-15(22(30)27-14-16-6-4-10-19(12-16)23(24,25)26)28-21(29)13-18-9-5-8-17-7-2-3-11-20(17)18/h2-12,15H,13-14H2,1H3,(H,27,30)(H,28,29)/t15-/m0/s1. The van der Waals surface area contributed by atoms with Crippen molar-refractivity contribution in [2.24, 2.45) is 0 Å². The van der Waals surface area contributed by atoms with Crippen LogP contribution >= 0.6 is 0 Å². The minimum Gasteiger partial charge on any atom is -0.350 e. The maximum atomic E-state index is 12.8. The minimum absolute atomic E-state index is 0.0632. The van der Waals surface area contributed by atoms with Gasteiger partial charge >= 0.3 is 6.18 Å². The van der Waals surface area contributed by atoms with E-state index in [2.05, 4.69) is 10.6 Å². The fourth-order valence-corrected chi connectivity index (χ4v) is 3.18. The molecule has 1 atom stereocenters. The highest BCUT2D eigenvalue weighted by molar-refractivity contribution is 5.92. The highest BCUT2D eigenvalue weighted by Crippen LogP contribution is 2.29. The molecule has 3 rings (SSSR count). The van der Waals surface area contributed by atoms with Gasteiger partial charge in [0.1, 0.15) is 6.04 Å². The van der Waals surface area contributed by atoms with Gasteiger partial charge in [0.15, 0.2) is 0 Å². The Morgan fingerprint density at radius 3 is 2.43 bits per heavy atom. The third-order valence-electron chi connectivity index (χ3n) is 4.72. The van der Waals surface area contributed by atoms with E-state index in [1.807, 2.05) is 42.5 Å². The Morgan fingerprint density at radius 1 is 0.967 bits per heavy atom. The molecule has 0 bridgehead atoms. The molecule has 30 heavy (non-hydrogen) atoms. The van der Waals surface area contributed by atoms with Gasteiger partial charge in [-0.05, 0) is 41.0 Å². The van der Waals surface area contributed by atoms with Crippen LogP contribution in [0.5, 0.6) is 0 Å². The van der Waals surface area contributed by atoms with Crippen LogP contribution in [0.15, 0.2) is 66.7 Å². The zero-order chi connectivity index (χ0) is 21.7. The van der Waals surface area contributed by atoms with Gasteiger partial charge in [-0.2, -0.15) is 13.2 Å². The number of fused-ring (bicyclic) bond motifs is 1. The van der Waals surface area contributed by atoms with Gasteiger partial charge in [0.25, 0.3) is 0 Å². The highest BCUT2D eigenvalue weighted by atomic mass is 19.4. The van der Waals surface area contributed by atoms with Crippen molar-refractivity contribution in [3.05, 3.63) is 83.4 Å². The van der Waals surface area contributed by atoms with Gasteiger partial charge in [0, 0.05) is 6.54 Å². The van der Waals surface area contributed by atoms with Gasteiger partial charge in [-0.15, -0.1) is 0 Å². The normalized spacial score (nSPS) is 12.4. The van der Waals surface area contributed by atoms with Crippen LogP contribution in [-0.4, -0.2) is 17.9 Å². The second-order valence-corrected chi connectivity index (χ2v) is 7.02. The topological polar surface area (TPSA) is 58.2 Å². The Kier molecular flexibility index (Phi) is 6.40. The summed E-state index contributed by atoms with van der Waals surface area (Å²) in [5.74, 6) is -0.785. The molecule has 3 aromatic rings. The number of carbonyl (C=O) groups excluding carboxylic acids is 2. The lowest BCUT2D eigenvalue weighted by Gasteiger charge is -2.15. The van der Waals surface area contributed by atoms with Gasteiger partial charge in [-0.25, -0.2) is 0 Å². The second kappa shape index (κ2) is 8.98. The number of carbonyl (C=O) groups is 2. The molecule has 0 aliphatic heterocycles. The number of hydrogen-bond donors (Lipinski definition) is 2. The fraction of sp³-hybridized carbons (Fsp3) is 0.217. The summed E-state index contributed by atoms with van der Waals surface area (Å²) in [6.07, 6.45) is -4.32. The molecule has 7 heteroatoms. The number of amides is 2. The first-order chi connectivity index (χ1) is 14.2. The molecular weight excluding hydrogens is 393 g/mol. The van der Waals surface area contributed by atoms with Crippen molar-refractivity contribution >= 4 is 22.6 Å². The highest BCUT2D eigenvalue weighted by Gasteiger charge is 2.30. The summed E-state index contributed by atoms with van der Waals surface area (Å²) >= 11 is 0. The Labute approximate surface area is 172 Å². The van der Waals surface area contributed by atoms with Crippen LogP contribution < -0.4 is 10.6 Å². The molecule has 2 N–H and O–H groups in total. The molecule has 0 fully saturated rings. The van der Waals surface area contributed by atoms with Crippen molar-refractivity contribution in [3.63, 3.8) is 0 Å². The number of alkyl halides is 3. The molecule has 0 aliphatic carbocycles. The lowest BCUT2D eigenvalue weighted by Crippen LogP contribution is -2.45. The largest absolute Gasteiger partial charge is 0.416 e. The zero-order valence-corrected chi connectivity index (χ0v) is 16.3. The predicted molar refractivity (Wildman–Crippen MR) is 109 cm³/mol. The smallest absolute Gasteiger partial charge is 0.350 e. The molecular formula is C23H21F3N2O2. The van der Waals surface area contributed by atoms with Crippen molar-refractivity contribution in [1.82, 2.24) is 10.6 Å². The lowest BCUT2D eigenvalue weighted by atomic mass is 10.0. The van der Waals surface area contributed by atoms with Gasteiger partial charge in [0.2, 0.25) is 11.8 Å². The number of nitrogens with one attached hydrogen (secondary N) is 2. The van der Waals surface area contributed by atoms with E-state index < -0.39 is 23.7 Å². The molecule has 3 aromatic carbocycles. The second-order valence-electron chi connectivity index (χ2n) is 7.02. The quantitative estimate of drug-likeness (QED) is 0.635. The van der Waals surface area contributed by atoms with E-state index in [1.165, 1.54) is 19.1 Å². The molecule has 2 amide bonds. The van der Waals surface area contributed by atoms with Crippen LogP contribution in [0.25, 0.3) is 10.8 Å². The molecule has 0 heterocycles. The molecule has 0 saturated heterocycles. The van der Waals surface area contributed by atoms with E-state index in [1.54, 1.807) is 0 Å². The van der Waals surface area contributed by atoms with Crippen molar-refractivity contribution in [2.45, 2.75) is 32.1 Å². The average molecular weight is 414 g/mol. The molecule has 0 radical (unpaired) electrons. The SMILES string of the molecule is C[C@H](NC(=O)Cc1cccc2ccccc12)C(=O)NCc1cccc(C(F)(F)F)c1. The average Bonchev–Trinajstić information content (AvgIpc) is 2.71. The fourth-order valence-electron chi connectivity index (χ4n) is 3.18. The molecule has 0 aromatic heterocycles. The molecule has 0 unspecified atom stereocenters. The first kappa shape index (κ1) is 21.4. The van der Waals surface area contributed by atoms with Crippen LogP contribution in [-0.2, 0) is 28.7 Å². The number of halogens is 3. The van der Waals surface area contributed by atoms with Crippen molar-refractivity contribution in [1.29, 1.82) is 0 Å². The summed E-state index contributed by atoms with van der Waals surface area (Å²) in [6, 6.07) is 17.3. The lowest BCUT2D eigenvalue weighted by molar-refractivity contribution is -0.137.